The van der Waals surface area contributed by atoms with Crippen molar-refractivity contribution >= 4 is 29.4 Å². The van der Waals surface area contributed by atoms with Gasteiger partial charge < -0.3 is 20.9 Å². The Kier molecular flexibility index (Phi) is 8.93. The fourth-order valence-corrected chi connectivity index (χ4v) is 4.26. The van der Waals surface area contributed by atoms with Crippen LogP contribution in [0.5, 0.6) is 0 Å². The van der Waals surface area contributed by atoms with Crippen molar-refractivity contribution in [2.24, 2.45) is 4.99 Å². The molecule has 1 fully saturated rings. The van der Waals surface area contributed by atoms with Crippen molar-refractivity contribution in [1.82, 2.24) is 15.1 Å². The van der Waals surface area contributed by atoms with Crippen LogP contribution in [0.3, 0.4) is 0 Å². The number of benzene rings is 2. The molecule has 1 saturated heterocycles. The molecule has 0 aliphatic carbocycles. The van der Waals surface area contributed by atoms with Crippen LogP contribution in [0.2, 0.25) is 0 Å². The number of piperazine rings is 1. The van der Waals surface area contributed by atoms with Gasteiger partial charge in [0.15, 0.2) is 0 Å². The number of carbonyl (C=O) groups excluding carboxylic acids is 2. The largest absolute Gasteiger partial charge is 0.416 e. The van der Waals surface area contributed by atoms with Gasteiger partial charge in [-0.05, 0) is 43.0 Å². The predicted molar refractivity (Wildman–Crippen MR) is 142 cm³/mol. The van der Waals surface area contributed by atoms with Gasteiger partial charge in [0.25, 0.3) is 11.8 Å². The van der Waals surface area contributed by atoms with E-state index in [2.05, 4.69) is 37.8 Å². The molecule has 0 spiro atoms. The molecule has 2 aliphatic rings. The lowest BCUT2D eigenvalue weighted by molar-refractivity contribution is -0.137. The molecule has 2 aromatic carbocycles. The molecule has 11 heteroatoms. The highest BCUT2D eigenvalue weighted by Crippen LogP contribution is 2.31. The van der Waals surface area contributed by atoms with Crippen LogP contribution in [0.15, 0.2) is 65.2 Å². The Bertz CT molecular complexity index is 1210. The highest BCUT2D eigenvalue weighted by Gasteiger charge is 2.30. The van der Waals surface area contributed by atoms with Gasteiger partial charge in [0, 0.05) is 63.4 Å². The average Bonchev–Trinajstić information content (AvgIpc) is 2.90. The second kappa shape index (κ2) is 12.3. The summed E-state index contributed by atoms with van der Waals surface area (Å²) in [5.41, 5.74) is 0.756. The van der Waals surface area contributed by atoms with E-state index in [0.29, 0.717) is 18.8 Å². The maximum Gasteiger partial charge on any atom is 0.416 e. The van der Waals surface area contributed by atoms with Gasteiger partial charge in [0.2, 0.25) is 0 Å². The number of aliphatic imine (C=N–C) groups is 1. The summed E-state index contributed by atoms with van der Waals surface area (Å²) < 4.78 is 39.1. The zero-order chi connectivity index (χ0) is 27.1. The number of carbonyl (C=O) groups is 2. The summed E-state index contributed by atoms with van der Waals surface area (Å²) in [6, 6.07) is 10.7. The second-order valence-corrected chi connectivity index (χ2v) is 9.35. The molecule has 4 rings (SSSR count). The standard InChI is InChI=1S/C27H31F3N6O2/c1-35-11-13-36(14-12-35)10-9-31-24-15-19(18-33-26(24)38)17-32-23-8-3-2-7-22(23)25(37)34-21-6-4-5-20(16-21)27(28,29)30/h2-8,15-16,18,24,31-32H,9-14,17H2,1H3,(H,34,37). The highest BCUT2D eigenvalue weighted by atomic mass is 19.4. The third-order valence-corrected chi connectivity index (χ3v) is 6.50. The minimum Gasteiger partial charge on any atom is -0.380 e. The van der Waals surface area contributed by atoms with Crippen LogP contribution in [0.25, 0.3) is 0 Å². The Morgan fingerprint density at radius 3 is 2.61 bits per heavy atom. The third-order valence-electron chi connectivity index (χ3n) is 6.50. The lowest BCUT2D eigenvalue weighted by Crippen LogP contribution is -2.48. The normalized spacial score (nSPS) is 18.8. The number of nitrogens with one attached hydrogen (secondary N) is 3. The Hall–Kier alpha value is -3.54. The highest BCUT2D eigenvalue weighted by molar-refractivity contribution is 6.08. The number of rotatable bonds is 9. The third kappa shape index (κ3) is 7.50. The number of hydrogen-bond donors (Lipinski definition) is 3. The number of halogens is 3. The average molecular weight is 529 g/mol. The minimum atomic E-state index is -4.51. The summed E-state index contributed by atoms with van der Waals surface area (Å²) in [7, 11) is 2.11. The lowest BCUT2D eigenvalue weighted by atomic mass is 10.1. The van der Waals surface area contributed by atoms with E-state index in [4.69, 9.17) is 0 Å². The van der Waals surface area contributed by atoms with Crippen molar-refractivity contribution in [3.8, 4) is 0 Å². The van der Waals surface area contributed by atoms with Crippen molar-refractivity contribution in [3.05, 3.63) is 71.3 Å². The van der Waals surface area contributed by atoms with Crippen molar-refractivity contribution in [2.45, 2.75) is 12.2 Å². The molecule has 1 unspecified atom stereocenters. The molecule has 8 nitrogen and oxygen atoms in total. The van der Waals surface area contributed by atoms with E-state index in [9.17, 15) is 22.8 Å². The Balaban J connectivity index is 1.34. The lowest BCUT2D eigenvalue weighted by Gasteiger charge is -2.32. The van der Waals surface area contributed by atoms with Gasteiger partial charge in [-0.3, -0.25) is 14.5 Å². The first-order valence-corrected chi connectivity index (χ1v) is 12.4. The molecule has 2 heterocycles. The summed E-state index contributed by atoms with van der Waals surface area (Å²) in [5, 5.41) is 8.98. The fraction of sp³-hybridized carbons (Fsp3) is 0.370. The van der Waals surface area contributed by atoms with Gasteiger partial charge in [-0.15, -0.1) is 0 Å². The summed E-state index contributed by atoms with van der Waals surface area (Å²) in [6.07, 6.45) is -1.19. The van der Waals surface area contributed by atoms with E-state index in [-0.39, 0.29) is 17.2 Å². The first kappa shape index (κ1) is 27.5. The number of amides is 2. The van der Waals surface area contributed by atoms with Crippen LogP contribution in [0.4, 0.5) is 24.5 Å². The molecule has 0 aromatic heterocycles. The molecular formula is C27H31F3N6O2. The topological polar surface area (TPSA) is 89.1 Å². The summed E-state index contributed by atoms with van der Waals surface area (Å²) in [4.78, 5) is 33.8. The predicted octanol–water partition coefficient (Wildman–Crippen LogP) is 3.11. The number of anilines is 2. The van der Waals surface area contributed by atoms with E-state index in [1.54, 1.807) is 24.3 Å². The van der Waals surface area contributed by atoms with Gasteiger partial charge in [-0.1, -0.05) is 24.3 Å². The number of dihydropyridines is 1. The molecule has 2 amide bonds. The van der Waals surface area contributed by atoms with Crippen molar-refractivity contribution in [1.29, 1.82) is 0 Å². The zero-order valence-electron chi connectivity index (χ0n) is 21.1. The monoisotopic (exact) mass is 528 g/mol. The first-order chi connectivity index (χ1) is 18.2. The molecule has 2 aliphatic heterocycles. The Morgan fingerprint density at radius 2 is 1.84 bits per heavy atom. The smallest absolute Gasteiger partial charge is 0.380 e. The molecule has 38 heavy (non-hydrogen) atoms. The number of nitrogens with zero attached hydrogens (tertiary/aromatic N) is 3. The van der Waals surface area contributed by atoms with Crippen molar-refractivity contribution in [2.75, 3.05) is 63.5 Å². The van der Waals surface area contributed by atoms with Gasteiger partial charge >= 0.3 is 6.18 Å². The molecule has 3 N–H and O–H groups in total. The van der Waals surface area contributed by atoms with Gasteiger partial charge in [-0.2, -0.15) is 13.2 Å². The summed E-state index contributed by atoms with van der Waals surface area (Å²) in [6.45, 7) is 5.87. The van der Waals surface area contributed by atoms with Crippen molar-refractivity contribution < 1.29 is 22.8 Å². The Labute approximate surface area is 219 Å². The zero-order valence-corrected chi connectivity index (χ0v) is 21.1. The molecule has 202 valence electrons. The maximum absolute atomic E-state index is 13.0. The van der Waals surface area contributed by atoms with Gasteiger partial charge in [-0.25, -0.2) is 4.99 Å². The van der Waals surface area contributed by atoms with Gasteiger partial charge in [0.05, 0.1) is 11.1 Å². The second-order valence-electron chi connectivity index (χ2n) is 9.35. The van der Waals surface area contributed by atoms with E-state index in [0.717, 1.165) is 50.4 Å². The Morgan fingerprint density at radius 1 is 1.08 bits per heavy atom. The SMILES string of the molecule is CN1CCN(CCNC2C=C(CNc3ccccc3C(=O)Nc3cccc(C(F)(F)F)c3)C=NC2=O)CC1. The van der Waals surface area contributed by atoms with Crippen LogP contribution in [0, 0.1) is 0 Å². The number of hydrogen-bond acceptors (Lipinski definition) is 6. The number of likely N-dealkylation sites (N-methyl/N-ethyl adjacent to an activating group) is 1. The molecule has 0 bridgehead atoms. The van der Waals surface area contributed by atoms with E-state index >= 15 is 0 Å². The van der Waals surface area contributed by atoms with Crippen LogP contribution in [-0.4, -0.2) is 86.7 Å². The molecule has 0 saturated carbocycles. The van der Waals surface area contributed by atoms with Crippen LogP contribution >= 0.6 is 0 Å². The quantitative estimate of drug-likeness (QED) is 0.464. The summed E-state index contributed by atoms with van der Waals surface area (Å²) >= 11 is 0. The first-order valence-electron chi connectivity index (χ1n) is 12.4. The van der Waals surface area contributed by atoms with Crippen LogP contribution in [0.1, 0.15) is 15.9 Å². The fourth-order valence-electron chi connectivity index (χ4n) is 4.26. The number of para-hydroxylation sites is 1. The maximum atomic E-state index is 13.0. The molecule has 0 radical (unpaired) electrons. The number of alkyl halides is 3. The summed E-state index contributed by atoms with van der Waals surface area (Å²) in [5.74, 6) is -0.801. The van der Waals surface area contributed by atoms with Crippen LogP contribution < -0.4 is 16.0 Å². The van der Waals surface area contributed by atoms with E-state index in [1.165, 1.54) is 18.3 Å². The minimum absolute atomic E-state index is 0.0470. The van der Waals surface area contributed by atoms with Crippen LogP contribution in [-0.2, 0) is 11.0 Å². The molecule has 2 aromatic rings. The van der Waals surface area contributed by atoms with E-state index < -0.39 is 23.7 Å². The van der Waals surface area contributed by atoms with Gasteiger partial charge in [0.1, 0.15) is 6.04 Å². The molecular weight excluding hydrogens is 497 g/mol. The molecule has 1 atom stereocenters. The van der Waals surface area contributed by atoms with E-state index in [1.807, 2.05) is 6.08 Å². The van der Waals surface area contributed by atoms with Crippen molar-refractivity contribution in [3.63, 3.8) is 0 Å².